The molecule has 5 heteroatoms. The van der Waals surface area contributed by atoms with Crippen LogP contribution in [0.25, 0.3) is 0 Å². The maximum Gasteiger partial charge on any atom is 0.216 e. The molecule has 1 rings (SSSR count). The van der Waals surface area contributed by atoms with E-state index in [0.717, 1.165) is 0 Å². The second kappa shape index (κ2) is 6.77. The summed E-state index contributed by atoms with van der Waals surface area (Å²) < 4.78 is 5.09. The van der Waals surface area contributed by atoms with Crippen LogP contribution >= 0.6 is 11.6 Å². The molecule has 0 bridgehead atoms. The van der Waals surface area contributed by atoms with Crippen molar-refractivity contribution in [1.82, 2.24) is 5.32 Å². The van der Waals surface area contributed by atoms with Gasteiger partial charge in [0.25, 0.3) is 0 Å². The summed E-state index contributed by atoms with van der Waals surface area (Å²) in [7, 11) is 1.54. The Kier molecular flexibility index (Phi) is 5.34. The van der Waals surface area contributed by atoms with Crippen LogP contribution in [0.4, 0.5) is 5.69 Å². The Labute approximate surface area is 111 Å². The first-order valence-corrected chi connectivity index (χ1v) is 5.78. The minimum absolute atomic E-state index is 0.0658. The number of rotatable bonds is 3. The normalized spacial score (nSPS) is 9.28. The number of nitrogens with two attached hydrogens (primary N) is 1. The zero-order valence-electron chi connectivity index (χ0n) is 10.3. The summed E-state index contributed by atoms with van der Waals surface area (Å²) in [6.45, 7) is 1.99. The molecule has 96 valence electrons. The molecule has 0 saturated heterocycles. The Morgan fingerprint density at radius 2 is 2.28 bits per heavy atom. The number of hydrogen-bond acceptors (Lipinski definition) is 3. The Morgan fingerprint density at radius 1 is 1.56 bits per heavy atom. The van der Waals surface area contributed by atoms with Crippen molar-refractivity contribution in [2.45, 2.75) is 13.3 Å². The van der Waals surface area contributed by atoms with Crippen LogP contribution in [0.3, 0.4) is 0 Å². The lowest BCUT2D eigenvalue weighted by Crippen LogP contribution is -2.20. The number of amides is 1. The second-order valence-corrected chi connectivity index (χ2v) is 4.02. The van der Waals surface area contributed by atoms with Crippen LogP contribution in [0.1, 0.15) is 18.9 Å². The SMILES string of the molecule is COc1cc(C#CCCNC(C)=O)c(Cl)cc1N. The maximum absolute atomic E-state index is 10.6. The molecule has 1 aromatic carbocycles. The largest absolute Gasteiger partial charge is 0.495 e. The van der Waals surface area contributed by atoms with Crippen LogP contribution in [0, 0.1) is 11.8 Å². The predicted molar refractivity (Wildman–Crippen MR) is 72.6 cm³/mol. The number of halogens is 1. The lowest BCUT2D eigenvalue weighted by molar-refractivity contribution is -0.118. The lowest BCUT2D eigenvalue weighted by atomic mass is 10.2. The van der Waals surface area contributed by atoms with Crippen molar-refractivity contribution in [3.05, 3.63) is 22.7 Å². The van der Waals surface area contributed by atoms with Crippen LogP contribution in [-0.2, 0) is 4.79 Å². The van der Waals surface area contributed by atoms with E-state index in [1.807, 2.05) is 0 Å². The fraction of sp³-hybridized carbons (Fsp3) is 0.308. The van der Waals surface area contributed by atoms with E-state index in [4.69, 9.17) is 22.1 Å². The monoisotopic (exact) mass is 266 g/mol. The van der Waals surface area contributed by atoms with Crippen LogP contribution in [0.2, 0.25) is 5.02 Å². The van der Waals surface area contributed by atoms with Gasteiger partial charge in [-0.15, -0.1) is 0 Å². The Bertz CT molecular complexity index is 504. The predicted octanol–water partition coefficient (Wildman–Crippen LogP) is 1.81. The fourth-order valence-corrected chi connectivity index (χ4v) is 1.52. The molecule has 0 atom stereocenters. The number of anilines is 1. The number of ether oxygens (including phenoxy) is 1. The van der Waals surface area contributed by atoms with Gasteiger partial charge in [0.15, 0.2) is 0 Å². The lowest BCUT2D eigenvalue weighted by Gasteiger charge is -2.05. The van der Waals surface area contributed by atoms with E-state index in [1.165, 1.54) is 14.0 Å². The second-order valence-electron chi connectivity index (χ2n) is 3.61. The van der Waals surface area contributed by atoms with Gasteiger partial charge in [-0.25, -0.2) is 0 Å². The Hall–Kier alpha value is -1.86. The van der Waals surface area contributed by atoms with Gasteiger partial charge in [0, 0.05) is 25.5 Å². The van der Waals surface area contributed by atoms with E-state index in [9.17, 15) is 4.79 Å². The highest BCUT2D eigenvalue weighted by Crippen LogP contribution is 2.28. The quantitative estimate of drug-likeness (QED) is 0.498. The van der Waals surface area contributed by atoms with Crippen molar-refractivity contribution >= 4 is 23.2 Å². The number of carbonyl (C=O) groups excluding carboxylic acids is 1. The molecule has 0 aliphatic rings. The summed E-state index contributed by atoms with van der Waals surface area (Å²) in [4.78, 5) is 10.6. The first-order valence-electron chi connectivity index (χ1n) is 5.41. The van der Waals surface area contributed by atoms with Gasteiger partial charge in [-0.05, 0) is 12.1 Å². The number of carbonyl (C=O) groups is 1. The van der Waals surface area contributed by atoms with Crippen molar-refractivity contribution in [1.29, 1.82) is 0 Å². The third-order valence-electron chi connectivity index (χ3n) is 2.17. The first-order chi connectivity index (χ1) is 8.54. The zero-order valence-corrected chi connectivity index (χ0v) is 11.1. The van der Waals surface area contributed by atoms with Crippen LogP contribution in [0.15, 0.2) is 12.1 Å². The van der Waals surface area contributed by atoms with Gasteiger partial charge in [-0.2, -0.15) is 0 Å². The van der Waals surface area contributed by atoms with E-state index < -0.39 is 0 Å². The van der Waals surface area contributed by atoms with Crippen molar-refractivity contribution in [3.8, 4) is 17.6 Å². The molecule has 1 amide bonds. The van der Waals surface area contributed by atoms with Gasteiger partial charge in [0.1, 0.15) is 5.75 Å². The average molecular weight is 267 g/mol. The van der Waals surface area contributed by atoms with Crippen LogP contribution < -0.4 is 15.8 Å². The minimum atomic E-state index is -0.0658. The molecule has 0 aliphatic carbocycles. The summed E-state index contributed by atoms with van der Waals surface area (Å²) in [5, 5.41) is 3.15. The number of benzene rings is 1. The van der Waals surface area contributed by atoms with Gasteiger partial charge < -0.3 is 15.8 Å². The smallest absolute Gasteiger partial charge is 0.216 e. The Balaban J connectivity index is 2.72. The van der Waals surface area contributed by atoms with Gasteiger partial charge in [0.2, 0.25) is 5.91 Å². The summed E-state index contributed by atoms with van der Waals surface area (Å²) in [5.41, 5.74) is 6.84. The molecule has 0 unspecified atom stereocenters. The van der Waals surface area contributed by atoms with Crippen molar-refractivity contribution < 1.29 is 9.53 Å². The fourth-order valence-electron chi connectivity index (χ4n) is 1.30. The third kappa shape index (κ3) is 4.19. The number of nitrogens with one attached hydrogen (secondary N) is 1. The van der Waals surface area contributed by atoms with Crippen molar-refractivity contribution in [2.75, 3.05) is 19.4 Å². The third-order valence-corrected chi connectivity index (χ3v) is 2.48. The van der Waals surface area contributed by atoms with Crippen LogP contribution in [0.5, 0.6) is 5.75 Å². The molecule has 4 nitrogen and oxygen atoms in total. The average Bonchev–Trinajstić information content (AvgIpc) is 2.30. The molecule has 1 aromatic rings. The summed E-state index contributed by atoms with van der Waals surface area (Å²) in [5.74, 6) is 6.32. The van der Waals surface area contributed by atoms with E-state index in [0.29, 0.717) is 35.0 Å². The summed E-state index contributed by atoms with van der Waals surface area (Å²) in [6, 6.07) is 3.31. The molecule has 0 spiro atoms. The standard InChI is InChI=1S/C13H15ClN2O2/c1-9(17)16-6-4-3-5-10-7-13(18-2)12(15)8-11(10)14/h7-8H,4,6,15H2,1-2H3,(H,16,17). The van der Waals surface area contributed by atoms with Gasteiger partial charge in [0.05, 0.1) is 17.8 Å². The van der Waals surface area contributed by atoms with Gasteiger partial charge >= 0.3 is 0 Å². The molecule has 0 radical (unpaired) electrons. The molecule has 0 aliphatic heterocycles. The highest BCUT2D eigenvalue weighted by atomic mass is 35.5. The van der Waals surface area contributed by atoms with Crippen molar-refractivity contribution in [3.63, 3.8) is 0 Å². The molecule has 0 heterocycles. The molecule has 18 heavy (non-hydrogen) atoms. The number of methoxy groups -OCH3 is 1. The van der Waals surface area contributed by atoms with E-state index >= 15 is 0 Å². The number of hydrogen-bond donors (Lipinski definition) is 2. The Morgan fingerprint density at radius 3 is 2.89 bits per heavy atom. The number of nitrogen functional groups attached to an aromatic ring is 1. The van der Waals surface area contributed by atoms with Crippen LogP contribution in [-0.4, -0.2) is 19.6 Å². The van der Waals surface area contributed by atoms with Crippen molar-refractivity contribution in [2.24, 2.45) is 0 Å². The van der Waals surface area contributed by atoms with Gasteiger partial charge in [-0.1, -0.05) is 23.4 Å². The molecule has 0 saturated carbocycles. The molecular formula is C13H15ClN2O2. The molecule has 0 fully saturated rings. The molecule has 3 N–H and O–H groups in total. The zero-order chi connectivity index (χ0) is 13.5. The first kappa shape index (κ1) is 14.2. The topological polar surface area (TPSA) is 64.3 Å². The minimum Gasteiger partial charge on any atom is -0.495 e. The summed E-state index contributed by atoms with van der Waals surface area (Å²) >= 11 is 6.01. The van der Waals surface area contributed by atoms with E-state index in [-0.39, 0.29) is 5.91 Å². The van der Waals surface area contributed by atoms with E-state index in [2.05, 4.69) is 17.2 Å². The summed E-state index contributed by atoms with van der Waals surface area (Å²) in [6.07, 6.45) is 0.558. The molecular weight excluding hydrogens is 252 g/mol. The highest BCUT2D eigenvalue weighted by molar-refractivity contribution is 6.32. The maximum atomic E-state index is 10.6. The van der Waals surface area contributed by atoms with Gasteiger partial charge in [-0.3, -0.25) is 4.79 Å². The molecule has 0 aromatic heterocycles. The van der Waals surface area contributed by atoms with E-state index in [1.54, 1.807) is 12.1 Å². The highest BCUT2D eigenvalue weighted by Gasteiger charge is 2.04.